The van der Waals surface area contributed by atoms with Gasteiger partial charge in [-0.1, -0.05) is 12.6 Å². The molecule has 0 spiro atoms. The number of amides is 2. The normalized spacial score (nSPS) is 17.0. The number of nitrogens with zero attached hydrogens (tertiary/aromatic N) is 4. The number of benzene rings is 2. The van der Waals surface area contributed by atoms with E-state index in [4.69, 9.17) is 4.74 Å². The quantitative estimate of drug-likeness (QED) is 0.401. The van der Waals surface area contributed by atoms with Crippen molar-refractivity contribution in [2.75, 3.05) is 47.6 Å². The summed E-state index contributed by atoms with van der Waals surface area (Å²) in [5.41, 5.74) is 0.659. The molecule has 0 saturated carbocycles. The monoisotopic (exact) mass is 539 g/mol. The Labute approximate surface area is 221 Å². The van der Waals surface area contributed by atoms with Crippen LogP contribution in [-0.2, 0) is 15.8 Å². The van der Waals surface area contributed by atoms with Crippen LogP contribution in [-0.4, -0.2) is 59.5 Å². The van der Waals surface area contributed by atoms with Crippen LogP contribution in [0.25, 0.3) is 0 Å². The minimum atomic E-state index is -4.72. The van der Waals surface area contributed by atoms with Crippen LogP contribution >= 0.6 is 0 Å². The third kappa shape index (κ3) is 5.62. The lowest BCUT2D eigenvalue weighted by molar-refractivity contribution is -0.137. The largest absolute Gasteiger partial charge is 0.489 e. The first-order valence-electron chi connectivity index (χ1n) is 11.9. The van der Waals surface area contributed by atoms with Gasteiger partial charge >= 0.3 is 6.18 Å². The third-order valence-corrected chi connectivity index (χ3v) is 6.14. The number of carbonyl (C=O) groups is 2. The Balaban J connectivity index is 1.40. The van der Waals surface area contributed by atoms with Gasteiger partial charge in [0.1, 0.15) is 23.7 Å². The summed E-state index contributed by atoms with van der Waals surface area (Å²) in [6.45, 7) is 4.68. The van der Waals surface area contributed by atoms with Crippen LogP contribution < -0.4 is 25.6 Å². The number of rotatable bonds is 6. The molecule has 0 unspecified atom stereocenters. The van der Waals surface area contributed by atoms with Crippen LogP contribution in [0.1, 0.15) is 5.56 Å². The highest BCUT2D eigenvalue weighted by Gasteiger charge is 2.37. The molecule has 2 amide bonds. The van der Waals surface area contributed by atoms with Gasteiger partial charge in [0.2, 0.25) is 17.8 Å². The van der Waals surface area contributed by atoms with Crippen LogP contribution in [0.3, 0.4) is 0 Å². The number of likely N-dealkylation sites (N-methyl/N-ethyl adjacent to an activating group) is 1. The number of hydrogen-bond acceptors (Lipinski definition) is 8. The lowest BCUT2D eigenvalue weighted by Gasteiger charge is -2.43. The van der Waals surface area contributed by atoms with Gasteiger partial charge in [0, 0.05) is 35.9 Å². The second-order valence-electron chi connectivity index (χ2n) is 9.09. The zero-order valence-electron chi connectivity index (χ0n) is 20.7. The van der Waals surface area contributed by atoms with E-state index >= 15 is 0 Å². The average molecular weight is 540 g/mol. The molecule has 0 radical (unpaired) electrons. The van der Waals surface area contributed by atoms with Gasteiger partial charge in [-0.05, 0) is 43.5 Å². The van der Waals surface area contributed by atoms with Crippen LogP contribution in [0, 0.1) is 0 Å². The molecular weight excluding hydrogens is 515 g/mol. The molecule has 2 aliphatic rings. The van der Waals surface area contributed by atoms with E-state index in [2.05, 4.69) is 32.5 Å². The molecule has 1 fully saturated rings. The maximum absolute atomic E-state index is 13.7. The van der Waals surface area contributed by atoms with Crippen molar-refractivity contribution < 1.29 is 27.5 Å². The predicted octanol–water partition coefficient (Wildman–Crippen LogP) is 4.15. The molecule has 3 N–H and O–H groups in total. The minimum Gasteiger partial charge on any atom is -0.489 e. The molecule has 2 aliphatic heterocycles. The van der Waals surface area contributed by atoms with Gasteiger partial charge < -0.3 is 25.6 Å². The highest BCUT2D eigenvalue weighted by Crippen LogP contribution is 2.39. The number of carbonyl (C=O) groups excluding carboxylic acids is 2. The Morgan fingerprint density at radius 1 is 1.15 bits per heavy atom. The molecule has 2 aromatic carbocycles. The van der Waals surface area contributed by atoms with E-state index in [1.54, 1.807) is 35.2 Å². The summed E-state index contributed by atoms with van der Waals surface area (Å²) in [5.74, 6) is -0.594. The smallest absolute Gasteiger partial charge is 0.421 e. The maximum atomic E-state index is 13.7. The molecule has 0 bridgehead atoms. The lowest BCUT2D eigenvalue weighted by Crippen LogP contribution is -2.59. The number of aromatic nitrogens is 2. The van der Waals surface area contributed by atoms with Crippen molar-refractivity contribution in [3.63, 3.8) is 0 Å². The number of ether oxygens (including phenoxy) is 1. The van der Waals surface area contributed by atoms with Crippen molar-refractivity contribution in [3.05, 3.63) is 66.9 Å². The molecule has 10 nitrogen and oxygen atoms in total. The highest BCUT2D eigenvalue weighted by molar-refractivity contribution is 5.99. The molecule has 1 atom stereocenters. The van der Waals surface area contributed by atoms with Crippen molar-refractivity contribution >= 4 is 46.3 Å². The summed E-state index contributed by atoms with van der Waals surface area (Å²) in [4.78, 5) is 35.8. The number of alkyl halides is 3. The number of piperazine rings is 1. The van der Waals surface area contributed by atoms with Gasteiger partial charge in [-0.25, -0.2) is 4.98 Å². The maximum Gasteiger partial charge on any atom is 0.421 e. The van der Waals surface area contributed by atoms with Crippen molar-refractivity contribution in [2.24, 2.45) is 0 Å². The molecule has 202 valence electrons. The Morgan fingerprint density at radius 2 is 1.92 bits per heavy atom. The van der Waals surface area contributed by atoms with Crippen LogP contribution in [0.4, 0.5) is 47.7 Å². The van der Waals surface area contributed by atoms with E-state index in [0.717, 1.165) is 6.08 Å². The SMILES string of the molecule is C=CC(=O)Nc1cccc(Nc2nc(Nc3ccc4c(c3)OC[C@@H]3CN(C)CC(=O)N43)ncc2C(F)(F)F)c1. The van der Waals surface area contributed by atoms with Gasteiger partial charge in [-0.3, -0.25) is 14.5 Å². The summed E-state index contributed by atoms with van der Waals surface area (Å²) in [7, 11) is 1.88. The van der Waals surface area contributed by atoms with Crippen LogP contribution in [0.2, 0.25) is 0 Å². The molecule has 3 heterocycles. The predicted molar refractivity (Wildman–Crippen MR) is 140 cm³/mol. The van der Waals surface area contributed by atoms with E-state index in [1.807, 2.05) is 11.9 Å². The number of halogens is 3. The third-order valence-electron chi connectivity index (χ3n) is 6.14. The Bertz CT molecular complexity index is 1450. The zero-order chi connectivity index (χ0) is 27.7. The van der Waals surface area contributed by atoms with Gasteiger partial charge in [0.15, 0.2) is 0 Å². The molecule has 3 aromatic rings. The summed E-state index contributed by atoms with van der Waals surface area (Å²) in [6, 6.07) is 11.1. The molecule has 13 heteroatoms. The fourth-order valence-electron chi connectivity index (χ4n) is 4.45. The second-order valence-corrected chi connectivity index (χ2v) is 9.09. The minimum absolute atomic E-state index is 0.0334. The Hall–Kier alpha value is -4.65. The van der Waals surface area contributed by atoms with E-state index < -0.39 is 23.5 Å². The summed E-state index contributed by atoms with van der Waals surface area (Å²) < 4.78 is 47.1. The van der Waals surface area contributed by atoms with Gasteiger partial charge in [0.05, 0.1) is 18.3 Å². The van der Waals surface area contributed by atoms with E-state index in [0.29, 0.717) is 48.7 Å². The van der Waals surface area contributed by atoms with Crippen LogP contribution in [0.5, 0.6) is 5.75 Å². The van der Waals surface area contributed by atoms with Crippen molar-refractivity contribution in [1.82, 2.24) is 14.9 Å². The standard InChI is InChI=1S/C26H24F3N7O3/c1-3-22(37)31-15-5-4-6-16(9-15)32-24-19(26(27,28)29)11-30-25(34-24)33-17-7-8-20-21(10-17)39-14-18-12-35(2)13-23(38)36(18)20/h3-11,18H,1,12-14H2,2H3,(H,31,37)(H2,30,32,33,34)/t18-/m0/s1. The fraction of sp³-hybridized carbons (Fsp3) is 0.231. The number of nitrogens with one attached hydrogen (secondary N) is 3. The van der Waals surface area contributed by atoms with Crippen molar-refractivity contribution in [1.29, 1.82) is 0 Å². The summed E-state index contributed by atoms with van der Waals surface area (Å²) in [6.07, 6.45) is -2.96. The second kappa shape index (κ2) is 10.3. The summed E-state index contributed by atoms with van der Waals surface area (Å²) in [5, 5.41) is 8.12. The molecular formula is C26H24F3N7O3. The zero-order valence-corrected chi connectivity index (χ0v) is 20.7. The number of fused-ring (bicyclic) bond motifs is 3. The van der Waals surface area contributed by atoms with E-state index in [9.17, 15) is 22.8 Å². The molecule has 39 heavy (non-hydrogen) atoms. The fourth-order valence-corrected chi connectivity index (χ4v) is 4.45. The van der Waals surface area contributed by atoms with Gasteiger partial charge in [-0.2, -0.15) is 18.2 Å². The number of anilines is 6. The Morgan fingerprint density at radius 3 is 2.69 bits per heavy atom. The Kier molecular flexibility index (Phi) is 6.83. The average Bonchev–Trinajstić information content (AvgIpc) is 2.87. The topological polar surface area (TPSA) is 112 Å². The molecule has 5 rings (SSSR count). The van der Waals surface area contributed by atoms with E-state index in [-0.39, 0.29) is 23.6 Å². The highest BCUT2D eigenvalue weighted by atomic mass is 19.4. The lowest BCUT2D eigenvalue weighted by atomic mass is 10.1. The summed E-state index contributed by atoms with van der Waals surface area (Å²) >= 11 is 0. The first kappa shape index (κ1) is 26.0. The molecule has 1 aromatic heterocycles. The first-order valence-corrected chi connectivity index (χ1v) is 11.9. The molecule has 1 saturated heterocycles. The number of hydrogen-bond donors (Lipinski definition) is 3. The van der Waals surface area contributed by atoms with Crippen molar-refractivity contribution in [2.45, 2.75) is 12.2 Å². The van der Waals surface area contributed by atoms with Gasteiger partial charge in [-0.15, -0.1) is 0 Å². The van der Waals surface area contributed by atoms with Crippen LogP contribution in [0.15, 0.2) is 61.3 Å². The van der Waals surface area contributed by atoms with Gasteiger partial charge in [0.25, 0.3) is 0 Å². The van der Waals surface area contributed by atoms with E-state index in [1.165, 1.54) is 12.1 Å². The first-order chi connectivity index (χ1) is 18.6. The molecule has 0 aliphatic carbocycles. The van der Waals surface area contributed by atoms with Crippen molar-refractivity contribution in [3.8, 4) is 5.75 Å².